The first-order valence-corrected chi connectivity index (χ1v) is 7.48. The van der Waals surface area contributed by atoms with E-state index in [0.717, 1.165) is 37.8 Å². The van der Waals surface area contributed by atoms with Crippen LogP contribution < -0.4 is 5.32 Å². The second-order valence-corrected chi connectivity index (χ2v) is 5.44. The van der Waals surface area contributed by atoms with Crippen molar-refractivity contribution in [3.05, 3.63) is 35.4 Å². The third-order valence-electron chi connectivity index (χ3n) is 3.62. The first kappa shape index (κ1) is 15.4. The Bertz CT molecular complexity index is 512. The van der Waals surface area contributed by atoms with E-state index >= 15 is 0 Å². The van der Waals surface area contributed by atoms with Gasteiger partial charge in [0.25, 0.3) is 0 Å². The predicted molar refractivity (Wildman–Crippen MR) is 80.3 cm³/mol. The van der Waals surface area contributed by atoms with Crippen LogP contribution in [0.15, 0.2) is 24.3 Å². The molecule has 0 saturated heterocycles. The maximum atomic E-state index is 12.2. The average Bonchev–Trinajstić information content (AvgIpc) is 3.30. The number of aromatic carboxylic acids is 1. The first-order valence-electron chi connectivity index (χ1n) is 7.48. The number of benzene rings is 1. The Morgan fingerprint density at radius 3 is 2.76 bits per heavy atom. The van der Waals surface area contributed by atoms with E-state index in [0.29, 0.717) is 12.6 Å². The summed E-state index contributed by atoms with van der Waals surface area (Å²) in [7, 11) is 0. The van der Waals surface area contributed by atoms with Crippen molar-refractivity contribution >= 4 is 12.0 Å². The predicted octanol–water partition coefficient (Wildman–Crippen LogP) is 2.86. The van der Waals surface area contributed by atoms with Crippen LogP contribution in [0.3, 0.4) is 0 Å². The Morgan fingerprint density at radius 1 is 1.38 bits per heavy atom. The summed E-state index contributed by atoms with van der Waals surface area (Å²) in [5.41, 5.74) is 1.04. The number of carboxylic acids is 1. The molecule has 1 aromatic rings. The van der Waals surface area contributed by atoms with Crippen molar-refractivity contribution in [1.29, 1.82) is 0 Å². The van der Waals surface area contributed by atoms with E-state index in [-0.39, 0.29) is 11.6 Å². The molecule has 0 atom stereocenters. The molecule has 0 bridgehead atoms. The van der Waals surface area contributed by atoms with Crippen LogP contribution in [0.2, 0.25) is 0 Å². The standard InChI is InChI=1S/C16H22N2O3/c1-2-3-9-18(14-7-8-14)16(21)17-11-12-5-4-6-13(10-12)15(19)20/h4-6,10,14H,2-3,7-9,11H2,1H3,(H,17,21)(H,19,20). The van der Waals surface area contributed by atoms with Crippen molar-refractivity contribution in [2.24, 2.45) is 0 Å². The molecule has 0 aromatic heterocycles. The van der Waals surface area contributed by atoms with Gasteiger partial charge in [0.05, 0.1) is 5.56 Å². The minimum atomic E-state index is -0.953. The molecule has 1 saturated carbocycles. The fourth-order valence-corrected chi connectivity index (χ4v) is 2.26. The van der Waals surface area contributed by atoms with Crippen LogP contribution in [0.1, 0.15) is 48.5 Å². The van der Waals surface area contributed by atoms with Gasteiger partial charge < -0.3 is 15.3 Å². The topological polar surface area (TPSA) is 69.6 Å². The Hall–Kier alpha value is -2.04. The maximum absolute atomic E-state index is 12.2. The van der Waals surface area contributed by atoms with E-state index in [1.807, 2.05) is 11.0 Å². The van der Waals surface area contributed by atoms with Gasteiger partial charge in [-0.3, -0.25) is 0 Å². The minimum Gasteiger partial charge on any atom is -0.478 e. The smallest absolute Gasteiger partial charge is 0.335 e. The summed E-state index contributed by atoms with van der Waals surface area (Å²) < 4.78 is 0. The molecule has 0 heterocycles. The first-order chi connectivity index (χ1) is 10.1. The molecule has 1 aromatic carbocycles. The molecule has 5 nitrogen and oxygen atoms in total. The molecular weight excluding hydrogens is 268 g/mol. The molecule has 0 aliphatic heterocycles. The van der Waals surface area contributed by atoms with Gasteiger partial charge in [-0.25, -0.2) is 9.59 Å². The van der Waals surface area contributed by atoms with Gasteiger partial charge >= 0.3 is 12.0 Å². The number of hydrogen-bond acceptors (Lipinski definition) is 2. The Labute approximate surface area is 125 Å². The van der Waals surface area contributed by atoms with Crippen molar-refractivity contribution in [2.75, 3.05) is 6.54 Å². The number of unbranched alkanes of at least 4 members (excludes halogenated alkanes) is 1. The third-order valence-corrected chi connectivity index (χ3v) is 3.62. The number of amides is 2. The fourth-order valence-electron chi connectivity index (χ4n) is 2.26. The number of nitrogens with zero attached hydrogens (tertiary/aromatic N) is 1. The summed E-state index contributed by atoms with van der Waals surface area (Å²) in [5.74, 6) is -0.953. The molecular formula is C16H22N2O3. The maximum Gasteiger partial charge on any atom is 0.335 e. The highest BCUT2D eigenvalue weighted by atomic mass is 16.4. The van der Waals surface area contributed by atoms with Crippen LogP contribution >= 0.6 is 0 Å². The molecule has 0 radical (unpaired) electrons. The highest BCUT2D eigenvalue weighted by molar-refractivity contribution is 5.87. The lowest BCUT2D eigenvalue weighted by Crippen LogP contribution is -2.41. The molecule has 1 aliphatic carbocycles. The van der Waals surface area contributed by atoms with Gasteiger partial charge in [0.1, 0.15) is 0 Å². The van der Waals surface area contributed by atoms with Crippen molar-refractivity contribution in [3.63, 3.8) is 0 Å². The van der Waals surface area contributed by atoms with E-state index in [4.69, 9.17) is 5.11 Å². The van der Waals surface area contributed by atoms with E-state index in [1.165, 1.54) is 0 Å². The Morgan fingerprint density at radius 2 is 2.14 bits per heavy atom. The Balaban J connectivity index is 1.90. The van der Waals surface area contributed by atoms with Crippen LogP contribution in [0.4, 0.5) is 4.79 Å². The van der Waals surface area contributed by atoms with Gasteiger partial charge in [0, 0.05) is 19.1 Å². The van der Waals surface area contributed by atoms with Crippen molar-refractivity contribution in [2.45, 2.75) is 45.2 Å². The number of nitrogens with one attached hydrogen (secondary N) is 1. The second kappa shape index (κ2) is 7.11. The summed E-state index contributed by atoms with van der Waals surface area (Å²) in [6.07, 6.45) is 4.26. The summed E-state index contributed by atoms with van der Waals surface area (Å²) in [6.45, 7) is 3.26. The lowest BCUT2D eigenvalue weighted by atomic mass is 10.1. The number of rotatable bonds is 7. The molecule has 1 fully saturated rings. The minimum absolute atomic E-state index is 0.0494. The quantitative estimate of drug-likeness (QED) is 0.811. The molecule has 2 amide bonds. The number of hydrogen-bond donors (Lipinski definition) is 2. The third kappa shape index (κ3) is 4.48. The highest BCUT2D eigenvalue weighted by Gasteiger charge is 2.31. The molecule has 114 valence electrons. The summed E-state index contributed by atoms with van der Waals surface area (Å²) in [4.78, 5) is 25.0. The average molecular weight is 290 g/mol. The number of carbonyl (C=O) groups excluding carboxylic acids is 1. The van der Waals surface area contributed by atoms with Gasteiger partial charge in [0.15, 0.2) is 0 Å². The summed E-state index contributed by atoms with van der Waals surface area (Å²) in [5, 5.41) is 11.8. The van der Waals surface area contributed by atoms with E-state index in [9.17, 15) is 9.59 Å². The van der Waals surface area contributed by atoms with Gasteiger partial charge in [-0.2, -0.15) is 0 Å². The van der Waals surface area contributed by atoms with Crippen LogP contribution in [0, 0.1) is 0 Å². The van der Waals surface area contributed by atoms with Crippen molar-refractivity contribution in [1.82, 2.24) is 10.2 Å². The van der Waals surface area contributed by atoms with Crippen molar-refractivity contribution < 1.29 is 14.7 Å². The summed E-state index contributed by atoms with van der Waals surface area (Å²) >= 11 is 0. The van der Waals surface area contributed by atoms with Gasteiger partial charge in [0.2, 0.25) is 0 Å². The molecule has 5 heteroatoms. The van der Waals surface area contributed by atoms with Gasteiger partial charge in [-0.1, -0.05) is 25.5 Å². The van der Waals surface area contributed by atoms with Gasteiger partial charge in [-0.05, 0) is 37.0 Å². The van der Waals surface area contributed by atoms with Crippen LogP contribution in [-0.2, 0) is 6.54 Å². The van der Waals surface area contributed by atoms with E-state index in [1.54, 1.807) is 18.2 Å². The van der Waals surface area contributed by atoms with Crippen molar-refractivity contribution in [3.8, 4) is 0 Å². The number of urea groups is 1. The zero-order valence-corrected chi connectivity index (χ0v) is 12.3. The molecule has 0 spiro atoms. The molecule has 21 heavy (non-hydrogen) atoms. The number of carbonyl (C=O) groups is 2. The lowest BCUT2D eigenvalue weighted by Gasteiger charge is -2.22. The van der Waals surface area contributed by atoms with Crippen LogP contribution in [-0.4, -0.2) is 34.6 Å². The monoisotopic (exact) mass is 290 g/mol. The molecule has 2 N–H and O–H groups in total. The van der Waals surface area contributed by atoms with Gasteiger partial charge in [-0.15, -0.1) is 0 Å². The second-order valence-electron chi connectivity index (χ2n) is 5.44. The SMILES string of the molecule is CCCCN(C(=O)NCc1cccc(C(=O)O)c1)C1CC1. The van der Waals surface area contributed by atoms with Crippen LogP contribution in [0.25, 0.3) is 0 Å². The molecule has 2 rings (SSSR count). The molecule has 1 aliphatic rings. The van der Waals surface area contributed by atoms with Crippen LogP contribution in [0.5, 0.6) is 0 Å². The van der Waals surface area contributed by atoms with E-state index < -0.39 is 5.97 Å². The fraction of sp³-hybridized carbons (Fsp3) is 0.500. The van der Waals surface area contributed by atoms with E-state index in [2.05, 4.69) is 12.2 Å². The molecule has 0 unspecified atom stereocenters. The normalized spacial score (nSPS) is 13.8. The highest BCUT2D eigenvalue weighted by Crippen LogP contribution is 2.27. The summed E-state index contributed by atoms with van der Waals surface area (Å²) in [6, 6.07) is 7.00. The number of carboxylic acid groups (broad SMARTS) is 1. The zero-order valence-electron chi connectivity index (χ0n) is 12.3. The zero-order chi connectivity index (χ0) is 15.2. The largest absolute Gasteiger partial charge is 0.478 e. The Kier molecular flexibility index (Phi) is 5.20. The lowest BCUT2D eigenvalue weighted by molar-refractivity contribution is 0.0696.